The summed E-state index contributed by atoms with van der Waals surface area (Å²) in [6, 6.07) is 10.4. The molecule has 0 bridgehead atoms. The Hall–Kier alpha value is -2.46. The van der Waals surface area contributed by atoms with Gasteiger partial charge in [0.15, 0.2) is 0 Å². The standard InChI is InChI=1S/C15H10ClN3O/c16-11-1-2-13-12(9-11)14(5-8-18-13)19-15(20)10-3-6-17-7-4-10/h1-9H,(H,18,19,20). The molecule has 5 heteroatoms. The number of benzene rings is 1. The lowest BCUT2D eigenvalue weighted by Gasteiger charge is -2.08. The highest BCUT2D eigenvalue weighted by molar-refractivity contribution is 6.31. The average Bonchev–Trinajstić information content (AvgIpc) is 2.49. The van der Waals surface area contributed by atoms with Crippen molar-refractivity contribution in [1.82, 2.24) is 9.97 Å². The molecule has 4 nitrogen and oxygen atoms in total. The Kier molecular flexibility index (Phi) is 3.31. The molecule has 0 unspecified atom stereocenters. The number of aromatic nitrogens is 2. The van der Waals surface area contributed by atoms with E-state index in [2.05, 4.69) is 15.3 Å². The molecule has 20 heavy (non-hydrogen) atoms. The topological polar surface area (TPSA) is 54.9 Å². The Balaban J connectivity index is 1.99. The number of rotatable bonds is 2. The first kappa shape index (κ1) is 12.6. The summed E-state index contributed by atoms with van der Waals surface area (Å²) >= 11 is 6.00. The Morgan fingerprint density at radius 1 is 1.05 bits per heavy atom. The van der Waals surface area contributed by atoms with Crippen LogP contribution >= 0.6 is 11.6 Å². The third-order valence-corrected chi connectivity index (χ3v) is 3.13. The lowest BCUT2D eigenvalue weighted by Crippen LogP contribution is -2.12. The van der Waals surface area contributed by atoms with Crippen molar-refractivity contribution in [2.24, 2.45) is 0 Å². The number of nitrogens with one attached hydrogen (secondary N) is 1. The van der Waals surface area contributed by atoms with Crippen LogP contribution in [0.3, 0.4) is 0 Å². The molecule has 2 aromatic heterocycles. The molecule has 0 aliphatic carbocycles. The molecule has 3 rings (SSSR count). The fourth-order valence-corrected chi connectivity index (χ4v) is 2.10. The lowest BCUT2D eigenvalue weighted by atomic mass is 10.1. The molecule has 1 amide bonds. The number of anilines is 1. The molecule has 98 valence electrons. The summed E-state index contributed by atoms with van der Waals surface area (Å²) in [6.45, 7) is 0. The molecule has 1 N–H and O–H groups in total. The number of nitrogens with zero attached hydrogens (tertiary/aromatic N) is 2. The number of pyridine rings is 2. The molecule has 1 aromatic carbocycles. The number of hydrogen-bond donors (Lipinski definition) is 1. The zero-order valence-electron chi connectivity index (χ0n) is 10.4. The summed E-state index contributed by atoms with van der Waals surface area (Å²) < 4.78 is 0. The van der Waals surface area contributed by atoms with Gasteiger partial charge < -0.3 is 5.32 Å². The SMILES string of the molecule is O=C(Nc1ccnc2ccc(Cl)cc12)c1ccncc1. The van der Waals surface area contributed by atoms with Gasteiger partial charge in [-0.25, -0.2) is 0 Å². The van der Waals surface area contributed by atoms with Gasteiger partial charge in [0.25, 0.3) is 5.91 Å². The van der Waals surface area contributed by atoms with E-state index in [0.717, 1.165) is 10.9 Å². The van der Waals surface area contributed by atoms with Gasteiger partial charge in [-0.2, -0.15) is 0 Å². The molecule has 0 spiro atoms. The van der Waals surface area contributed by atoms with E-state index in [-0.39, 0.29) is 5.91 Å². The van der Waals surface area contributed by atoms with Crippen LogP contribution in [0.4, 0.5) is 5.69 Å². The molecule has 2 heterocycles. The molecule has 0 fully saturated rings. The zero-order chi connectivity index (χ0) is 13.9. The summed E-state index contributed by atoms with van der Waals surface area (Å²) in [6.07, 6.45) is 4.81. The fourth-order valence-electron chi connectivity index (χ4n) is 1.93. The zero-order valence-corrected chi connectivity index (χ0v) is 11.1. The van der Waals surface area contributed by atoms with Gasteiger partial charge in [-0.05, 0) is 36.4 Å². The molecular formula is C15H10ClN3O. The molecule has 0 atom stereocenters. The van der Waals surface area contributed by atoms with Crippen LogP contribution in [0.15, 0.2) is 55.0 Å². The fraction of sp³-hybridized carbons (Fsp3) is 0. The molecular weight excluding hydrogens is 274 g/mol. The van der Waals surface area contributed by atoms with E-state index in [1.54, 1.807) is 48.9 Å². The smallest absolute Gasteiger partial charge is 0.255 e. The highest BCUT2D eigenvalue weighted by atomic mass is 35.5. The van der Waals surface area contributed by atoms with Gasteiger partial charge in [-0.1, -0.05) is 11.6 Å². The molecule has 0 aliphatic rings. The van der Waals surface area contributed by atoms with Gasteiger partial charge in [-0.15, -0.1) is 0 Å². The van der Waals surface area contributed by atoms with Gasteiger partial charge in [0.2, 0.25) is 0 Å². The van der Waals surface area contributed by atoms with Gasteiger partial charge in [-0.3, -0.25) is 14.8 Å². The minimum Gasteiger partial charge on any atom is -0.321 e. The van der Waals surface area contributed by atoms with Crippen LogP contribution < -0.4 is 5.32 Å². The Bertz CT molecular complexity index is 774. The quantitative estimate of drug-likeness (QED) is 0.783. The Morgan fingerprint density at radius 3 is 2.65 bits per heavy atom. The van der Waals surface area contributed by atoms with Crippen LogP contribution in [0.25, 0.3) is 10.9 Å². The van der Waals surface area contributed by atoms with E-state index >= 15 is 0 Å². The van der Waals surface area contributed by atoms with E-state index in [1.165, 1.54) is 0 Å². The van der Waals surface area contributed by atoms with Crippen molar-refractivity contribution in [1.29, 1.82) is 0 Å². The summed E-state index contributed by atoms with van der Waals surface area (Å²) in [5.74, 6) is -0.195. The minimum atomic E-state index is -0.195. The van der Waals surface area contributed by atoms with Gasteiger partial charge in [0.05, 0.1) is 11.2 Å². The summed E-state index contributed by atoms with van der Waals surface area (Å²) in [5, 5.41) is 4.27. The van der Waals surface area contributed by atoms with Crippen LogP contribution in [-0.4, -0.2) is 15.9 Å². The Labute approximate surface area is 120 Å². The minimum absolute atomic E-state index is 0.195. The second-order valence-corrected chi connectivity index (χ2v) is 4.65. The second-order valence-electron chi connectivity index (χ2n) is 4.21. The first-order valence-electron chi connectivity index (χ1n) is 6.00. The summed E-state index contributed by atoms with van der Waals surface area (Å²) in [5.41, 5.74) is 2.01. The van der Waals surface area contributed by atoms with Gasteiger partial charge in [0.1, 0.15) is 0 Å². The van der Waals surface area contributed by atoms with E-state index in [4.69, 9.17) is 11.6 Å². The van der Waals surface area contributed by atoms with Crippen molar-refractivity contribution >= 4 is 34.1 Å². The van der Waals surface area contributed by atoms with Crippen LogP contribution in [-0.2, 0) is 0 Å². The normalized spacial score (nSPS) is 10.4. The largest absolute Gasteiger partial charge is 0.321 e. The summed E-state index contributed by atoms with van der Waals surface area (Å²) in [7, 11) is 0. The third-order valence-electron chi connectivity index (χ3n) is 2.89. The van der Waals surface area contributed by atoms with Crippen molar-refractivity contribution in [2.45, 2.75) is 0 Å². The van der Waals surface area contributed by atoms with Crippen molar-refractivity contribution in [3.8, 4) is 0 Å². The Morgan fingerprint density at radius 2 is 1.85 bits per heavy atom. The highest BCUT2D eigenvalue weighted by Crippen LogP contribution is 2.25. The maximum Gasteiger partial charge on any atom is 0.255 e. The van der Waals surface area contributed by atoms with E-state index in [9.17, 15) is 4.79 Å². The first-order chi connectivity index (χ1) is 9.74. The summed E-state index contributed by atoms with van der Waals surface area (Å²) in [4.78, 5) is 20.3. The van der Waals surface area contributed by atoms with Crippen molar-refractivity contribution in [3.63, 3.8) is 0 Å². The lowest BCUT2D eigenvalue weighted by molar-refractivity contribution is 0.102. The van der Waals surface area contributed by atoms with Crippen LogP contribution in [0.5, 0.6) is 0 Å². The van der Waals surface area contributed by atoms with Crippen LogP contribution in [0.2, 0.25) is 5.02 Å². The number of fused-ring (bicyclic) bond motifs is 1. The molecule has 3 aromatic rings. The second kappa shape index (κ2) is 5.27. The predicted molar refractivity (Wildman–Crippen MR) is 78.9 cm³/mol. The van der Waals surface area contributed by atoms with Crippen molar-refractivity contribution in [2.75, 3.05) is 5.32 Å². The monoisotopic (exact) mass is 283 g/mol. The van der Waals surface area contributed by atoms with Crippen molar-refractivity contribution in [3.05, 3.63) is 65.6 Å². The van der Waals surface area contributed by atoms with Crippen LogP contribution in [0, 0.1) is 0 Å². The van der Waals surface area contributed by atoms with Gasteiger partial charge >= 0.3 is 0 Å². The number of carbonyl (C=O) groups is 1. The van der Waals surface area contributed by atoms with Crippen LogP contribution in [0.1, 0.15) is 10.4 Å². The van der Waals surface area contributed by atoms with E-state index in [1.807, 2.05) is 6.07 Å². The highest BCUT2D eigenvalue weighted by Gasteiger charge is 2.08. The predicted octanol–water partition coefficient (Wildman–Crippen LogP) is 3.54. The number of carbonyl (C=O) groups excluding carboxylic acids is 1. The molecule has 0 aliphatic heterocycles. The molecule has 0 radical (unpaired) electrons. The molecule has 0 saturated heterocycles. The van der Waals surface area contributed by atoms with E-state index < -0.39 is 0 Å². The number of hydrogen-bond acceptors (Lipinski definition) is 3. The maximum atomic E-state index is 12.2. The maximum absolute atomic E-state index is 12.2. The third kappa shape index (κ3) is 2.46. The molecule has 0 saturated carbocycles. The first-order valence-corrected chi connectivity index (χ1v) is 6.37. The van der Waals surface area contributed by atoms with Gasteiger partial charge in [0, 0.05) is 34.6 Å². The van der Waals surface area contributed by atoms with E-state index in [0.29, 0.717) is 16.3 Å². The average molecular weight is 284 g/mol. The van der Waals surface area contributed by atoms with Crippen molar-refractivity contribution < 1.29 is 4.79 Å². The number of halogens is 1. The number of amides is 1.